The molecule has 2 aromatic rings. The summed E-state index contributed by atoms with van der Waals surface area (Å²) < 4.78 is 8.17. The van der Waals surface area contributed by atoms with Gasteiger partial charge in [0, 0.05) is 42.7 Å². The third kappa shape index (κ3) is 3.23. The molecule has 3 fully saturated rings. The molecule has 1 N–H and O–H groups in total. The molecule has 6 heteroatoms. The summed E-state index contributed by atoms with van der Waals surface area (Å²) in [4.78, 5) is 7.49. The van der Waals surface area contributed by atoms with Gasteiger partial charge in [-0.15, -0.1) is 0 Å². The molecular formula is C23H31N5O. The van der Waals surface area contributed by atoms with Crippen molar-refractivity contribution >= 4 is 5.96 Å². The van der Waals surface area contributed by atoms with Gasteiger partial charge in [0.25, 0.3) is 0 Å². The lowest BCUT2D eigenvalue weighted by Crippen LogP contribution is -2.41. The van der Waals surface area contributed by atoms with Gasteiger partial charge in [0.15, 0.2) is 5.96 Å². The Balaban J connectivity index is 1.36. The van der Waals surface area contributed by atoms with Crippen molar-refractivity contribution in [3.63, 3.8) is 0 Å². The highest BCUT2D eigenvalue weighted by atomic mass is 16.5. The van der Waals surface area contributed by atoms with E-state index in [4.69, 9.17) is 14.8 Å². The van der Waals surface area contributed by atoms with Crippen molar-refractivity contribution in [2.45, 2.75) is 52.4 Å². The zero-order valence-electron chi connectivity index (χ0n) is 17.6. The van der Waals surface area contributed by atoms with Gasteiger partial charge in [0.2, 0.25) is 0 Å². The Morgan fingerprint density at radius 2 is 1.83 bits per heavy atom. The fourth-order valence-electron chi connectivity index (χ4n) is 5.44. The molecule has 5 rings (SSSR count). The fourth-order valence-corrected chi connectivity index (χ4v) is 5.44. The van der Waals surface area contributed by atoms with Crippen molar-refractivity contribution in [1.82, 2.24) is 20.0 Å². The molecule has 1 aromatic heterocycles. The van der Waals surface area contributed by atoms with E-state index in [0.29, 0.717) is 30.6 Å². The Kier molecular flexibility index (Phi) is 4.82. The number of guanidine groups is 1. The molecule has 4 unspecified atom stereocenters. The standard InChI is InChI=1S/C23H31N5O/c1-4-24-23(27-13-19-20(14-27)22-11-10-21(19)29-22)25-12-18-15(2)26-28(16(18)3)17-8-6-5-7-9-17/h5-9,19-22H,4,10-14H2,1-3H3,(H,24,25). The summed E-state index contributed by atoms with van der Waals surface area (Å²) in [6.45, 7) is 10.0. The Hall–Kier alpha value is -2.34. The number of fused-ring (bicyclic) bond motifs is 5. The van der Waals surface area contributed by atoms with Crippen LogP contribution in [0.5, 0.6) is 0 Å². The molecule has 3 saturated heterocycles. The third-order valence-electron chi connectivity index (χ3n) is 6.92. The van der Waals surface area contributed by atoms with Crippen molar-refractivity contribution in [3.05, 3.63) is 47.3 Å². The summed E-state index contributed by atoms with van der Waals surface area (Å²) >= 11 is 0. The van der Waals surface area contributed by atoms with Crippen LogP contribution in [0.25, 0.3) is 5.69 Å². The number of aromatic nitrogens is 2. The molecule has 6 nitrogen and oxygen atoms in total. The topological polar surface area (TPSA) is 54.7 Å². The molecule has 2 bridgehead atoms. The third-order valence-corrected chi connectivity index (χ3v) is 6.92. The molecule has 0 radical (unpaired) electrons. The van der Waals surface area contributed by atoms with Crippen molar-refractivity contribution in [2.24, 2.45) is 16.8 Å². The van der Waals surface area contributed by atoms with E-state index in [1.54, 1.807) is 0 Å². The molecular weight excluding hydrogens is 362 g/mol. The summed E-state index contributed by atoms with van der Waals surface area (Å²) in [5, 5.41) is 8.29. The molecule has 0 amide bonds. The van der Waals surface area contributed by atoms with E-state index in [1.807, 2.05) is 22.9 Å². The molecule has 29 heavy (non-hydrogen) atoms. The first-order valence-electron chi connectivity index (χ1n) is 10.9. The molecule has 4 atom stereocenters. The zero-order valence-corrected chi connectivity index (χ0v) is 17.6. The summed E-state index contributed by atoms with van der Waals surface area (Å²) in [6.07, 6.45) is 3.44. The van der Waals surface area contributed by atoms with Crippen LogP contribution in [0.1, 0.15) is 36.7 Å². The van der Waals surface area contributed by atoms with E-state index in [-0.39, 0.29) is 0 Å². The largest absolute Gasteiger partial charge is 0.374 e. The second kappa shape index (κ2) is 7.48. The highest BCUT2D eigenvalue weighted by Crippen LogP contribution is 2.47. The number of nitrogens with one attached hydrogen (secondary N) is 1. The van der Waals surface area contributed by atoms with Crippen LogP contribution in [0.4, 0.5) is 0 Å². The molecule has 4 heterocycles. The number of likely N-dealkylation sites (tertiary alicyclic amines) is 1. The normalized spacial score (nSPS) is 28.2. The van der Waals surface area contributed by atoms with Crippen LogP contribution >= 0.6 is 0 Å². The lowest BCUT2D eigenvalue weighted by atomic mass is 9.82. The van der Waals surface area contributed by atoms with Crippen LogP contribution < -0.4 is 5.32 Å². The van der Waals surface area contributed by atoms with Crippen molar-refractivity contribution in [3.8, 4) is 5.69 Å². The summed E-state index contributed by atoms with van der Waals surface area (Å²) in [6, 6.07) is 10.3. The molecule has 1 aromatic carbocycles. The average Bonchev–Trinajstić information content (AvgIpc) is 3.49. The van der Waals surface area contributed by atoms with E-state index in [0.717, 1.165) is 42.7 Å². The van der Waals surface area contributed by atoms with Crippen LogP contribution in [-0.4, -0.2) is 52.5 Å². The van der Waals surface area contributed by atoms with Crippen molar-refractivity contribution in [1.29, 1.82) is 0 Å². The van der Waals surface area contributed by atoms with Gasteiger partial charge in [-0.1, -0.05) is 18.2 Å². The predicted octanol–water partition coefficient (Wildman–Crippen LogP) is 3.06. The number of aliphatic imine (C=N–C) groups is 1. The second-order valence-corrected chi connectivity index (χ2v) is 8.59. The van der Waals surface area contributed by atoms with Gasteiger partial charge in [-0.2, -0.15) is 5.10 Å². The van der Waals surface area contributed by atoms with Gasteiger partial charge < -0.3 is 15.0 Å². The van der Waals surface area contributed by atoms with Crippen LogP contribution in [-0.2, 0) is 11.3 Å². The number of para-hydroxylation sites is 1. The quantitative estimate of drug-likeness (QED) is 0.641. The maximum atomic E-state index is 6.13. The van der Waals surface area contributed by atoms with Crippen molar-refractivity contribution in [2.75, 3.05) is 19.6 Å². The van der Waals surface area contributed by atoms with Crippen LogP contribution in [0.3, 0.4) is 0 Å². The van der Waals surface area contributed by atoms with Crippen LogP contribution in [0, 0.1) is 25.7 Å². The second-order valence-electron chi connectivity index (χ2n) is 8.59. The highest BCUT2D eigenvalue weighted by Gasteiger charge is 2.53. The maximum absolute atomic E-state index is 6.13. The lowest BCUT2D eigenvalue weighted by molar-refractivity contribution is 0.0767. The summed E-state index contributed by atoms with van der Waals surface area (Å²) in [5.41, 5.74) is 4.53. The predicted molar refractivity (Wildman–Crippen MR) is 114 cm³/mol. The van der Waals surface area contributed by atoms with Gasteiger partial charge in [0.05, 0.1) is 30.1 Å². The van der Waals surface area contributed by atoms with Crippen LogP contribution in [0.2, 0.25) is 0 Å². The lowest BCUT2D eigenvalue weighted by Gasteiger charge is -2.23. The minimum absolute atomic E-state index is 0.478. The first-order chi connectivity index (χ1) is 14.2. The number of hydrogen-bond donors (Lipinski definition) is 1. The molecule has 0 spiro atoms. The van der Waals surface area contributed by atoms with Gasteiger partial charge in [-0.3, -0.25) is 0 Å². The zero-order chi connectivity index (χ0) is 20.0. The minimum Gasteiger partial charge on any atom is -0.374 e. The smallest absolute Gasteiger partial charge is 0.194 e. The molecule has 3 aliphatic rings. The van der Waals surface area contributed by atoms with Crippen LogP contribution in [0.15, 0.2) is 35.3 Å². The number of rotatable bonds is 4. The summed E-state index contributed by atoms with van der Waals surface area (Å²) in [5.74, 6) is 2.40. The monoisotopic (exact) mass is 393 g/mol. The van der Waals surface area contributed by atoms with Gasteiger partial charge in [-0.05, 0) is 45.7 Å². The molecule has 154 valence electrons. The molecule has 0 aliphatic carbocycles. The number of nitrogens with zero attached hydrogens (tertiary/aromatic N) is 4. The Morgan fingerprint density at radius 1 is 1.14 bits per heavy atom. The number of aryl methyl sites for hydroxylation is 1. The van der Waals surface area contributed by atoms with E-state index in [2.05, 4.69) is 43.1 Å². The highest BCUT2D eigenvalue weighted by molar-refractivity contribution is 5.80. The minimum atomic E-state index is 0.478. The van der Waals surface area contributed by atoms with E-state index < -0.39 is 0 Å². The Morgan fingerprint density at radius 3 is 2.48 bits per heavy atom. The first-order valence-corrected chi connectivity index (χ1v) is 10.9. The number of hydrogen-bond acceptors (Lipinski definition) is 3. The molecule has 0 saturated carbocycles. The van der Waals surface area contributed by atoms with E-state index in [9.17, 15) is 0 Å². The molecule has 3 aliphatic heterocycles. The van der Waals surface area contributed by atoms with E-state index >= 15 is 0 Å². The summed E-state index contributed by atoms with van der Waals surface area (Å²) in [7, 11) is 0. The average molecular weight is 394 g/mol. The number of benzene rings is 1. The fraction of sp³-hybridized carbons (Fsp3) is 0.565. The number of ether oxygens (including phenoxy) is 1. The first kappa shape index (κ1) is 18.7. The van der Waals surface area contributed by atoms with Crippen molar-refractivity contribution < 1.29 is 4.74 Å². The van der Waals surface area contributed by atoms with Gasteiger partial charge in [0.1, 0.15) is 0 Å². The SMILES string of the molecule is CCNC(=NCc1c(C)nn(-c2ccccc2)c1C)N1CC2C3CCC(O3)C2C1. The van der Waals surface area contributed by atoms with Gasteiger partial charge >= 0.3 is 0 Å². The Labute approximate surface area is 173 Å². The maximum Gasteiger partial charge on any atom is 0.194 e. The van der Waals surface area contributed by atoms with E-state index in [1.165, 1.54) is 18.4 Å². The Bertz CT molecular complexity index is 887. The van der Waals surface area contributed by atoms with Gasteiger partial charge in [-0.25, -0.2) is 9.67 Å².